The second kappa shape index (κ2) is 5.55. The monoisotopic (exact) mass is 310 g/mol. The molecule has 0 aliphatic carbocycles. The van der Waals surface area contributed by atoms with Crippen LogP contribution in [0.1, 0.15) is 28.3 Å². The highest BCUT2D eigenvalue weighted by Gasteiger charge is 2.21. The molecule has 3 N–H and O–H groups in total. The molecule has 1 atom stereocenters. The van der Waals surface area contributed by atoms with Crippen molar-refractivity contribution in [1.29, 1.82) is 0 Å². The van der Waals surface area contributed by atoms with Crippen molar-refractivity contribution in [2.24, 2.45) is 0 Å². The molecular formula is C14H18N2O2S2. The Morgan fingerprint density at radius 1 is 1.20 bits per heavy atom. The third-order valence-corrected chi connectivity index (χ3v) is 6.00. The van der Waals surface area contributed by atoms with Crippen LogP contribution in [0.4, 0.5) is 5.69 Å². The lowest BCUT2D eigenvalue weighted by molar-refractivity contribution is 0.568. The average molecular weight is 310 g/mol. The summed E-state index contributed by atoms with van der Waals surface area (Å²) in [7, 11) is -3.57. The normalized spacial score (nSPS) is 13.3. The van der Waals surface area contributed by atoms with Gasteiger partial charge in [0.2, 0.25) is 10.0 Å². The molecule has 0 saturated carbocycles. The van der Waals surface area contributed by atoms with Gasteiger partial charge in [0.05, 0.1) is 10.9 Å². The molecular weight excluding hydrogens is 292 g/mol. The summed E-state index contributed by atoms with van der Waals surface area (Å²) in [5.41, 5.74) is 6.83. The van der Waals surface area contributed by atoms with Gasteiger partial charge < -0.3 is 5.73 Å². The highest BCUT2D eigenvalue weighted by atomic mass is 32.2. The van der Waals surface area contributed by atoms with Crippen LogP contribution >= 0.6 is 11.3 Å². The maximum atomic E-state index is 12.4. The van der Waals surface area contributed by atoms with E-state index < -0.39 is 10.0 Å². The number of hydrogen-bond donors (Lipinski definition) is 2. The van der Waals surface area contributed by atoms with E-state index in [-0.39, 0.29) is 10.9 Å². The predicted octanol–water partition coefficient (Wildman–Crippen LogP) is 2.99. The van der Waals surface area contributed by atoms with Crippen molar-refractivity contribution in [2.45, 2.75) is 31.7 Å². The van der Waals surface area contributed by atoms with E-state index in [0.29, 0.717) is 11.3 Å². The van der Waals surface area contributed by atoms with Gasteiger partial charge in [0.25, 0.3) is 0 Å². The van der Waals surface area contributed by atoms with Crippen LogP contribution in [0, 0.1) is 13.8 Å². The summed E-state index contributed by atoms with van der Waals surface area (Å²) in [6, 6.07) is 8.58. The van der Waals surface area contributed by atoms with Gasteiger partial charge in [0, 0.05) is 15.4 Å². The third-order valence-electron chi connectivity index (χ3n) is 3.14. The molecule has 0 spiro atoms. The Morgan fingerprint density at radius 2 is 1.90 bits per heavy atom. The van der Waals surface area contributed by atoms with Crippen LogP contribution in [-0.4, -0.2) is 8.42 Å². The van der Waals surface area contributed by atoms with Crippen molar-refractivity contribution in [3.63, 3.8) is 0 Å². The van der Waals surface area contributed by atoms with Crippen LogP contribution in [0.2, 0.25) is 0 Å². The van der Waals surface area contributed by atoms with Gasteiger partial charge in [0.15, 0.2) is 0 Å². The van der Waals surface area contributed by atoms with Crippen LogP contribution in [-0.2, 0) is 10.0 Å². The number of benzene rings is 1. The van der Waals surface area contributed by atoms with Gasteiger partial charge in [0.1, 0.15) is 0 Å². The quantitative estimate of drug-likeness (QED) is 0.853. The van der Waals surface area contributed by atoms with E-state index >= 15 is 0 Å². The second-order valence-electron chi connectivity index (χ2n) is 4.76. The van der Waals surface area contributed by atoms with Gasteiger partial charge >= 0.3 is 0 Å². The zero-order valence-electron chi connectivity index (χ0n) is 11.7. The number of sulfonamides is 1. The lowest BCUT2D eigenvalue weighted by Crippen LogP contribution is -2.27. The van der Waals surface area contributed by atoms with E-state index in [2.05, 4.69) is 4.72 Å². The summed E-state index contributed by atoms with van der Waals surface area (Å²) in [5.74, 6) is 0. The molecule has 0 radical (unpaired) electrons. The predicted molar refractivity (Wildman–Crippen MR) is 83.4 cm³/mol. The van der Waals surface area contributed by atoms with Gasteiger partial charge in [-0.3, -0.25) is 0 Å². The molecule has 0 bridgehead atoms. The molecule has 0 amide bonds. The van der Waals surface area contributed by atoms with E-state index in [4.69, 9.17) is 5.73 Å². The molecule has 2 rings (SSSR count). The van der Waals surface area contributed by atoms with Crippen LogP contribution in [0.15, 0.2) is 35.2 Å². The Labute approximate surface area is 123 Å². The molecule has 0 aliphatic heterocycles. The van der Waals surface area contributed by atoms with Crippen molar-refractivity contribution >= 4 is 27.0 Å². The van der Waals surface area contributed by atoms with Crippen molar-refractivity contribution in [1.82, 2.24) is 4.72 Å². The first-order chi connectivity index (χ1) is 9.31. The maximum absolute atomic E-state index is 12.4. The van der Waals surface area contributed by atoms with E-state index in [0.717, 1.165) is 9.75 Å². The molecule has 1 heterocycles. The molecule has 6 heteroatoms. The Hall–Kier alpha value is -1.37. The fourth-order valence-electron chi connectivity index (χ4n) is 1.96. The number of nitrogens with one attached hydrogen (secondary N) is 1. The summed E-state index contributed by atoms with van der Waals surface area (Å²) < 4.78 is 27.6. The molecule has 4 nitrogen and oxygen atoms in total. The molecule has 2 aromatic rings. The SMILES string of the molecule is Cc1ccc(C(C)NS(=O)(=O)c2cccc(N)c2C)s1. The fourth-order valence-corrected chi connectivity index (χ4v) is 4.42. The molecule has 1 aromatic heterocycles. The first-order valence-corrected chi connectivity index (χ1v) is 8.55. The van der Waals surface area contributed by atoms with Crippen molar-refractivity contribution < 1.29 is 8.42 Å². The highest BCUT2D eigenvalue weighted by molar-refractivity contribution is 7.89. The third kappa shape index (κ3) is 3.03. The Kier molecular flexibility index (Phi) is 4.17. The Balaban J connectivity index is 2.30. The van der Waals surface area contributed by atoms with Crippen LogP contribution in [0.5, 0.6) is 0 Å². The summed E-state index contributed by atoms with van der Waals surface area (Å²) in [5, 5.41) is 0. The lowest BCUT2D eigenvalue weighted by atomic mass is 10.2. The van der Waals surface area contributed by atoms with Crippen LogP contribution in [0.25, 0.3) is 0 Å². The fraction of sp³-hybridized carbons (Fsp3) is 0.286. The lowest BCUT2D eigenvalue weighted by Gasteiger charge is -2.15. The molecule has 20 heavy (non-hydrogen) atoms. The molecule has 0 fully saturated rings. The number of nitrogen functional groups attached to an aromatic ring is 1. The van der Waals surface area contributed by atoms with Gasteiger partial charge in [-0.05, 0) is 50.6 Å². The summed E-state index contributed by atoms with van der Waals surface area (Å²) >= 11 is 1.59. The Morgan fingerprint density at radius 3 is 2.50 bits per heavy atom. The van der Waals surface area contributed by atoms with Crippen molar-refractivity contribution in [3.05, 3.63) is 45.6 Å². The minimum atomic E-state index is -3.57. The molecule has 0 saturated heterocycles. The smallest absolute Gasteiger partial charge is 0.241 e. The summed E-state index contributed by atoms with van der Waals surface area (Å²) in [6.07, 6.45) is 0. The number of anilines is 1. The maximum Gasteiger partial charge on any atom is 0.241 e. The number of hydrogen-bond acceptors (Lipinski definition) is 4. The second-order valence-corrected chi connectivity index (χ2v) is 7.76. The first kappa shape index (κ1) is 15.0. The van der Waals surface area contributed by atoms with Gasteiger partial charge in [-0.1, -0.05) is 6.07 Å². The zero-order valence-corrected chi connectivity index (χ0v) is 13.3. The van der Waals surface area contributed by atoms with E-state index in [1.807, 2.05) is 26.0 Å². The number of aryl methyl sites for hydroxylation is 1. The van der Waals surface area contributed by atoms with E-state index in [1.165, 1.54) is 0 Å². The number of rotatable bonds is 4. The summed E-state index contributed by atoms with van der Waals surface area (Å²) in [6.45, 7) is 5.55. The van der Waals surface area contributed by atoms with Crippen LogP contribution < -0.4 is 10.5 Å². The van der Waals surface area contributed by atoms with E-state index in [1.54, 1.807) is 36.5 Å². The minimum absolute atomic E-state index is 0.234. The number of thiophene rings is 1. The van der Waals surface area contributed by atoms with Gasteiger partial charge in [-0.25, -0.2) is 13.1 Å². The van der Waals surface area contributed by atoms with Crippen molar-refractivity contribution in [2.75, 3.05) is 5.73 Å². The van der Waals surface area contributed by atoms with Gasteiger partial charge in [-0.2, -0.15) is 0 Å². The topological polar surface area (TPSA) is 72.2 Å². The van der Waals surface area contributed by atoms with E-state index in [9.17, 15) is 8.42 Å². The highest BCUT2D eigenvalue weighted by Crippen LogP contribution is 2.26. The number of nitrogens with two attached hydrogens (primary N) is 1. The van der Waals surface area contributed by atoms with Crippen molar-refractivity contribution in [3.8, 4) is 0 Å². The molecule has 108 valence electrons. The first-order valence-electron chi connectivity index (χ1n) is 6.25. The molecule has 1 unspecified atom stereocenters. The average Bonchev–Trinajstić information content (AvgIpc) is 2.79. The largest absolute Gasteiger partial charge is 0.398 e. The zero-order chi connectivity index (χ0) is 14.9. The molecule has 1 aromatic carbocycles. The Bertz CT molecular complexity index is 721. The van der Waals surface area contributed by atoms with Gasteiger partial charge in [-0.15, -0.1) is 11.3 Å². The van der Waals surface area contributed by atoms with Crippen LogP contribution in [0.3, 0.4) is 0 Å². The molecule has 0 aliphatic rings. The standard InChI is InChI=1S/C14H18N2O2S2/c1-9-7-8-13(19-9)11(3)16-20(17,18)14-6-4-5-12(15)10(14)2/h4-8,11,16H,15H2,1-3H3. The summed E-state index contributed by atoms with van der Waals surface area (Å²) in [4.78, 5) is 2.39. The minimum Gasteiger partial charge on any atom is -0.398 e.